The summed E-state index contributed by atoms with van der Waals surface area (Å²) in [5.41, 5.74) is 5.51. The summed E-state index contributed by atoms with van der Waals surface area (Å²) in [5, 5.41) is 11.2. The number of rotatable bonds is 4. The normalized spacial score (nSPS) is 10.7. The number of carboxylic acids is 1. The smallest absolute Gasteiger partial charge is 0.326 e. The van der Waals surface area contributed by atoms with E-state index in [2.05, 4.69) is 5.32 Å². The Morgan fingerprint density at radius 3 is 2.37 bits per heavy atom. The van der Waals surface area contributed by atoms with Crippen molar-refractivity contribution in [2.75, 3.05) is 0 Å². The lowest BCUT2D eigenvalue weighted by Crippen LogP contribution is -2.41. The van der Waals surface area contributed by atoms with Crippen LogP contribution in [-0.2, 0) is 20.8 Å². The number of aliphatic carboxylic acids is 1. The molecule has 0 saturated heterocycles. The Bertz CT molecular complexity index is 543. The number of amides is 2. The predicted molar refractivity (Wildman–Crippen MR) is 66.7 cm³/mol. The summed E-state index contributed by atoms with van der Waals surface area (Å²) in [6, 6.07) is 7.72. The van der Waals surface area contributed by atoms with Gasteiger partial charge in [-0.1, -0.05) is 30.3 Å². The summed E-state index contributed by atoms with van der Waals surface area (Å²) < 4.78 is 0. The summed E-state index contributed by atoms with van der Waals surface area (Å²) in [7, 11) is 0. The Kier molecular flexibility index (Phi) is 5.11. The molecule has 6 nitrogen and oxygen atoms in total. The fourth-order valence-electron chi connectivity index (χ4n) is 1.36. The molecule has 19 heavy (non-hydrogen) atoms. The number of carboxylic acid groups (broad SMARTS) is 1. The molecule has 0 spiro atoms. The maximum atomic E-state index is 11.3. The van der Waals surface area contributed by atoms with Crippen LogP contribution in [0.5, 0.6) is 0 Å². The van der Waals surface area contributed by atoms with E-state index in [1.807, 2.05) is 11.8 Å². The molecule has 2 amide bonds. The van der Waals surface area contributed by atoms with Crippen molar-refractivity contribution < 1.29 is 19.5 Å². The van der Waals surface area contributed by atoms with E-state index in [1.54, 1.807) is 30.3 Å². The molecule has 0 aliphatic rings. The standard InChI is InChI=1S/C13H12N2O4/c14-11(16)6-7-12(17)15-10(13(18)19)8-9-4-2-1-3-5-9/h1-5,10H,8H2,(H2,14,16)(H,15,17)(H,18,19). The maximum Gasteiger partial charge on any atom is 0.326 e. The Hall–Kier alpha value is -2.81. The minimum absolute atomic E-state index is 0.125. The highest BCUT2D eigenvalue weighted by Crippen LogP contribution is 2.03. The number of nitrogens with two attached hydrogens (primary N) is 1. The van der Waals surface area contributed by atoms with E-state index in [0.717, 1.165) is 5.56 Å². The quantitative estimate of drug-likeness (QED) is 0.621. The molecule has 0 bridgehead atoms. The molecule has 1 atom stereocenters. The molecule has 1 aromatic rings. The van der Waals surface area contributed by atoms with Crippen LogP contribution in [0, 0.1) is 11.8 Å². The molecule has 98 valence electrons. The first-order chi connectivity index (χ1) is 8.99. The lowest BCUT2D eigenvalue weighted by Gasteiger charge is -2.12. The van der Waals surface area contributed by atoms with E-state index < -0.39 is 23.8 Å². The van der Waals surface area contributed by atoms with Crippen LogP contribution < -0.4 is 11.1 Å². The fourth-order valence-corrected chi connectivity index (χ4v) is 1.36. The first-order valence-electron chi connectivity index (χ1n) is 5.37. The van der Waals surface area contributed by atoms with Crippen LogP contribution in [0.4, 0.5) is 0 Å². The second-order valence-electron chi connectivity index (χ2n) is 3.67. The first-order valence-corrected chi connectivity index (χ1v) is 5.37. The van der Waals surface area contributed by atoms with Crippen LogP contribution in [0.15, 0.2) is 30.3 Å². The molecular formula is C13H12N2O4. The monoisotopic (exact) mass is 260 g/mol. The number of benzene rings is 1. The third kappa shape index (κ3) is 5.37. The van der Waals surface area contributed by atoms with E-state index >= 15 is 0 Å². The van der Waals surface area contributed by atoms with Gasteiger partial charge >= 0.3 is 5.97 Å². The number of carbonyl (C=O) groups excluding carboxylic acids is 2. The summed E-state index contributed by atoms with van der Waals surface area (Å²) in [6.07, 6.45) is 0.125. The van der Waals surface area contributed by atoms with Gasteiger partial charge in [0.25, 0.3) is 11.8 Å². The highest BCUT2D eigenvalue weighted by molar-refractivity contribution is 6.03. The Morgan fingerprint density at radius 1 is 1.21 bits per heavy atom. The van der Waals surface area contributed by atoms with Crippen LogP contribution >= 0.6 is 0 Å². The van der Waals surface area contributed by atoms with Gasteiger partial charge in [-0.05, 0) is 5.56 Å². The fraction of sp³-hybridized carbons (Fsp3) is 0.154. The van der Waals surface area contributed by atoms with Crippen LogP contribution in [0.2, 0.25) is 0 Å². The Labute approximate surface area is 109 Å². The lowest BCUT2D eigenvalue weighted by molar-refractivity contribution is -0.141. The number of primary amides is 1. The third-order valence-electron chi connectivity index (χ3n) is 2.19. The van der Waals surface area contributed by atoms with Gasteiger partial charge in [0.15, 0.2) is 0 Å². The molecule has 1 rings (SSSR count). The summed E-state index contributed by atoms with van der Waals surface area (Å²) in [5.74, 6) is 0.758. The van der Waals surface area contributed by atoms with E-state index in [9.17, 15) is 14.4 Å². The SMILES string of the molecule is NC(=O)C#CC(=O)NC(Cc1ccccc1)C(=O)O. The number of nitrogens with one attached hydrogen (secondary N) is 1. The maximum absolute atomic E-state index is 11.3. The predicted octanol–water partition coefficient (Wildman–Crippen LogP) is -0.713. The molecule has 0 aliphatic heterocycles. The molecule has 0 aliphatic carbocycles. The molecular weight excluding hydrogens is 248 g/mol. The van der Waals surface area contributed by atoms with Gasteiger partial charge in [-0.25, -0.2) is 4.79 Å². The van der Waals surface area contributed by atoms with Crippen LogP contribution in [0.1, 0.15) is 5.56 Å². The average molecular weight is 260 g/mol. The highest BCUT2D eigenvalue weighted by atomic mass is 16.4. The number of hydrogen-bond donors (Lipinski definition) is 3. The van der Waals surface area contributed by atoms with Gasteiger partial charge in [0.2, 0.25) is 0 Å². The zero-order valence-electron chi connectivity index (χ0n) is 9.92. The van der Waals surface area contributed by atoms with Gasteiger partial charge in [-0.15, -0.1) is 0 Å². The summed E-state index contributed by atoms with van der Waals surface area (Å²) in [6.45, 7) is 0. The molecule has 0 saturated carbocycles. The van der Waals surface area contributed by atoms with Crippen molar-refractivity contribution in [3.05, 3.63) is 35.9 Å². The van der Waals surface area contributed by atoms with Crippen molar-refractivity contribution in [3.63, 3.8) is 0 Å². The second-order valence-corrected chi connectivity index (χ2v) is 3.67. The van der Waals surface area contributed by atoms with Gasteiger partial charge < -0.3 is 16.2 Å². The van der Waals surface area contributed by atoms with Gasteiger partial charge in [-0.2, -0.15) is 0 Å². The molecule has 0 radical (unpaired) electrons. The van der Waals surface area contributed by atoms with E-state index in [-0.39, 0.29) is 6.42 Å². The van der Waals surface area contributed by atoms with E-state index in [1.165, 1.54) is 0 Å². The Balaban J connectivity index is 2.70. The molecule has 0 aromatic heterocycles. The van der Waals surface area contributed by atoms with Crippen molar-refractivity contribution in [1.29, 1.82) is 0 Å². The molecule has 0 heterocycles. The molecule has 1 aromatic carbocycles. The van der Waals surface area contributed by atoms with Crippen molar-refractivity contribution in [3.8, 4) is 11.8 Å². The van der Waals surface area contributed by atoms with Crippen molar-refractivity contribution in [1.82, 2.24) is 5.32 Å². The Morgan fingerprint density at radius 2 is 1.84 bits per heavy atom. The molecule has 0 fully saturated rings. The lowest BCUT2D eigenvalue weighted by atomic mass is 10.1. The highest BCUT2D eigenvalue weighted by Gasteiger charge is 2.19. The van der Waals surface area contributed by atoms with Gasteiger partial charge in [0, 0.05) is 18.3 Å². The summed E-state index contributed by atoms with van der Waals surface area (Å²) in [4.78, 5) is 32.7. The largest absolute Gasteiger partial charge is 0.480 e. The van der Waals surface area contributed by atoms with Crippen LogP contribution in [-0.4, -0.2) is 28.9 Å². The van der Waals surface area contributed by atoms with Crippen molar-refractivity contribution in [2.24, 2.45) is 5.73 Å². The zero-order chi connectivity index (χ0) is 14.3. The number of hydrogen-bond acceptors (Lipinski definition) is 3. The van der Waals surface area contributed by atoms with E-state index in [0.29, 0.717) is 0 Å². The molecule has 4 N–H and O–H groups in total. The minimum Gasteiger partial charge on any atom is -0.480 e. The van der Waals surface area contributed by atoms with Crippen molar-refractivity contribution >= 4 is 17.8 Å². The van der Waals surface area contributed by atoms with Crippen LogP contribution in [0.25, 0.3) is 0 Å². The van der Waals surface area contributed by atoms with E-state index in [4.69, 9.17) is 10.8 Å². The van der Waals surface area contributed by atoms with Gasteiger partial charge in [-0.3, -0.25) is 9.59 Å². The molecule has 1 unspecified atom stereocenters. The average Bonchev–Trinajstić information content (AvgIpc) is 2.36. The third-order valence-corrected chi connectivity index (χ3v) is 2.19. The van der Waals surface area contributed by atoms with Crippen LogP contribution in [0.3, 0.4) is 0 Å². The topological polar surface area (TPSA) is 109 Å². The van der Waals surface area contributed by atoms with Gasteiger partial charge in [0.1, 0.15) is 6.04 Å². The zero-order valence-corrected chi connectivity index (χ0v) is 9.92. The molecule has 6 heteroatoms. The van der Waals surface area contributed by atoms with Crippen molar-refractivity contribution in [2.45, 2.75) is 12.5 Å². The number of carbonyl (C=O) groups is 3. The first kappa shape index (κ1) is 14.3. The second kappa shape index (κ2) is 6.81. The summed E-state index contributed by atoms with van der Waals surface area (Å²) >= 11 is 0. The van der Waals surface area contributed by atoms with Gasteiger partial charge in [0.05, 0.1) is 0 Å². The minimum atomic E-state index is -1.18.